The zero-order chi connectivity index (χ0) is 20.1. The summed E-state index contributed by atoms with van der Waals surface area (Å²) in [5.74, 6) is 1.91. The summed E-state index contributed by atoms with van der Waals surface area (Å²) in [6, 6.07) is 9.44. The van der Waals surface area contributed by atoms with Crippen LogP contribution in [0.2, 0.25) is 0 Å². The molecule has 1 aromatic carbocycles. The molecule has 1 spiro atoms. The highest BCUT2D eigenvalue weighted by Gasteiger charge is 2.43. The molecule has 160 valence electrons. The summed E-state index contributed by atoms with van der Waals surface area (Å²) in [5.41, 5.74) is 1.24. The molecule has 29 heavy (non-hydrogen) atoms. The van der Waals surface area contributed by atoms with E-state index in [2.05, 4.69) is 44.8 Å². The van der Waals surface area contributed by atoms with E-state index in [1.54, 1.807) is 7.11 Å². The molecule has 2 saturated carbocycles. The summed E-state index contributed by atoms with van der Waals surface area (Å²) in [4.78, 5) is 7.03. The molecule has 6 nitrogen and oxygen atoms in total. The number of fused-ring (bicyclic) bond motifs is 1. The molecule has 1 unspecified atom stereocenters. The first-order valence-corrected chi connectivity index (χ1v) is 11.2. The van der Waals surface area contributed by atoms with Crippen molar-refractivity contribution >= 4 is 5.96 Å². The van der Waals surface area contributed by atoms with E-state index in [9.17, 15) is 0 Å². The molecule has 0 amide bonds. The Morgan fingerprint density at radius 3 is 2.76 bits per heavy atom. The van der Waals surface area contributed by atoms with Crippen LogP contribution in [-0.2, 0) is 4.74 Å². The Bertz CT molecular complexity index is 698. The van der Waals surface area contributed by atoms with Crippen LogP contribution in [0, 0.1) is 0 Å². The van der Waals surface area contributed by atoms with Gasteiger partial charge in [-0.25, -0.2) is 0 Å². The van der Waals surface area contributed by atoms with Gasteiger partial charge in [-0.3, -0.25) is 9.89 Å². The molecule has 1 aromatic rings. The molecular weight excluding hydrogens is 364 g/mol. The Morgan fingerprint density at radius 1 is 1.24 bits per heavy atom. The van der Waals surface area contributed by atoms with E-state index in [1.165, 1.54) is 31.2 Å². The van der Waals surface area contributed by atoms with Gasteiger partial charge in [0.1, 0.15) is 11.4 Å². The van der Waals surface area contributed by atoms with Gasteiger partial charge in [-0.1, -0.05) is 18.2 Å². The van der Waals surface area contributed by atoms with Gasteiger partial charge in [0.25, 0.3) is 0 Å². The van der Waals surface area contributed by atoms with Crippen molar-refractivity contribution in [3.63, 3.8) is 0 Å². The number of nitrogens with zero attached hydrogens (tertiary/aromatic N) is 2. The van der Waals surface area contributed by atoms with Crippen molar-refractivity contribution in [2.75, 3.05) is 40.4 Å². The molecule has 2 aliphatic carbocycles. The highest BCUT2D eigenvalue weighted by Crippen LogP contribution is 2.46. The number of guanidine groups is 1. The number of benzene rings is 1. The van der Waals surface area contributed by atoms with E-state index < -0.39 is 0 Å². The number of ether oxygens (including phenoxy) is 2. The van der Waals surface area contributed by atoms with E-state index >= 15 is 0 Å². The van der Waals surface area contributed by atoms with Crippen molar-refractivity contribution in [3.8, 4) is 5.75 Å². The maximum atomic E-state index is 6.49. The Hall–Kier alpha value is -1.79. The highest BCUT2D eigenvalue weighted by atomic mass is 16.5. The normalized spacial score (nSPS) is 23.1. The molecule has 3 aliphatic rings. The molecule has 6 heteroatoms. The van der Waals surface area contributed by atoms with Gasteiger partial charge in [0.05, 0.1) is 12.6 Å². The monoisotopic (exact) mass is 400 g/mol. The predicted octanol–water partition coefficient (Wildman–Crippen LogP) is 3.10. The molecule has 1 heterocycles. The predicted molar refractivity (Wildman–Crippen MR) is 117 cm³/mol. The molecule has 0 saturated heterocycles. The standard InChI is InChI=1S/C23H36N4O2/c1-24-22(25-13-14-27(15-16-28-2)18-9-10-18)26-20-17-23(11-5-6-12-23)29-21-8-4-3-7-19(20)21/h3-4,7-8,18,20H,5-6,9-17H2,1-2H3,(H2,24,25,26). The quantitative estimate of drug-likeness (QED) is 0.519. The average Bonchev–Trinajstić information content (AvgIpc) is 3.50. The largest absolute Gasteiger partial charge is 0.487 e. The number of hydrogen-bond acceptors (Lipinski definition) is 4. The van der Waals surface area contributed by atoms with Gasteiger partial charge < -0.3 is 20.1 Å². The second-order valence-electron chi connectivity index (χ2n) is 8.69. The SMILES string of the molecule is CN=C(NCCN(CCOC)C1CC1)NC1CC2(CCCC2)Oc2ccccc21. The van der Waals surface area contributed by atoms with Gasteiger partial charge in [0.2, 0.25) is 0 Å². The summed E-state index contributed by atoms with van der Waals surface area (Å²) < 4.78 is 11.8. The van der Waals surface area contributed by atoms with Crippen LogP contribution in [0.25, 0.3) is 0 Å². The van der Waals surface area contributed by atoms with Gasteiger partial charge in [-0.05, 0) is 44.6 Å². The van der Waals surface area contributed by atoms with Gasteiger partial charge >= 0.3 is 0 Å². The minimum atomic E-state index is -0.00615. The zero-order valence-electron chi connectivity index (χ0n) is 18.0. The average molecular weight is 401 g/mol. The van der Waals surface area contributed by atoms with Crippen molar-refractivity contribution in [2.24, 2.45) is 4.99 Å². The van der Waals surface area contributed by atoms with Crippen LogP contribution in [0.1, 0.15) is 56.6 Å². The van der Waals surface area contributed by atoms with Gasteiger partial charge in [-0.15, -0.1) is 0 Å². The first kappa shape index (κ1) is 20.5. The van der Waals surface area contributed by atoms with E-state index in [0.717, 1.165) is 63.3 Å². The van der Waals surface area contributed by atoms with E-state index in [4.69, 9.17) is 9.47 Å². The molecule has 0 bridgehead atoms. The summed E-state index contributed by atoms with van der Waals surface area (Å²) in [6.45, 7) is 3.70. The van der Waals surface area contributed by atoms with Crippen molar-refractivity contribution in [1.29, 1.82) is 0 Å². The lowest BCUT2D eigenvalue weighted by molar-refractivity contribution is 0.0396. The minimum absolute atomic E-state index is 0.00615. The number of aliphatic imine (C=N–C) groups is 1. The third-order valence-electron chi connectivity index (χ3n) is 6.58. The van der Waals surface area contributed by atoms with Crippen LogP contribution in [0.4, 0.5) is 0 Å². The molecule has 2 fully saturated rings. The molecule has 1 aliphatic heterocycles. The van der Waals surface area contributed by atoms with Crippen molar-refractivity contribution in [2.45, 2.75) is 62.6 Å². The number of para-hydroxylation sites is 1. The zero-order valence-corrected chi connectivity index (χ0v) is 18.0. The first-order chi connectivity index (χ1) is 14.2. The lowest BCUT2D eigenvalue weighted by atomic mass is 9.86. The van der Waals surface area contributed by atoms with Crippen molar-refractivity contribution < 1.29 is 9.47 Å². The maximum Gasteiger partial charge on any atom is 0.191 e. The summed E-state index contributed by atoms with van der Waals surface area (Å²) in [6.07, 6.45) is 8.48. The Kier molecular flexibility index (Phi) is 6.60. The van der Waals surface area contributed by atoms with Crippen LogP contribution in [-0.4, -0.2) is 62.9 Å². The Labute approximate surface area is 175 Å². The summed E-state index contributed by atoms with van der Waals surface area (Å²) in [7, 11) is 3.63. The molecule has 2 N–H and O–H groups in total. The van der Waals surface area contributed by atoms with Crippen LogP contribution < -0.4 is 15.4 Å². The third kappa shape index (κ3) is 5.04. The van der Waals surface area contributed by atoms with Crippen LogP contribution >= 0.6 is 0 Å². The number of methoxy groups -OCH3 is 1. The second kappa shape index (κ2) is 9.35. The summed E-state index contributed by atoms with van der Waals surface area (Å²) >= 11 is 0. The van der Waals surface area contributed by atoms with Gasteiger partial charge in [0.15, 0.2) is 5.96 Å². The molecule has 0 aromatic heterocycles. The fraction of sp³-hybridized carbons (Fsp3) is 0.696. The van der Waals surface area contributed by atoms with Crippen molar-refractivity contribution in [3.05, 3.63) is 29.8 Å². The van der Waals surface area contributed by atoms with Crippen LogP contribution in [0.5, 0.6) is 5.75 Å². The Balaban J connectivity index is 1.36. The fourth-order valence-corrected chi connectivity index (χ4v) is 4.88. The smallest absolute Gasteiger partial charge is 0.191 e. The van der Waals surface area contributed by atoms with E-state index in [0.29, 0.717) is 0 Å². The Morgan fingerprint density at radius 2 is 2.03 bits per heavy atom. The lowest BCUT2D eigenvalue weighted by Crippen LogP contribution is -2.48. The molecular formula is C23H36N4O2. The van der Waals surface area contributed by atoms with E-state index in [-0.39, 0.29) is 11.6 Å². The number of nitrogens with one attached hydrogen (secondary N) is 2. The molecule has 4 rings (SSSR count). The first-order valence-electron chi connectivity index (χ1n) is 11.2. The highest BCUT2D eigenvalue weighted by molar-refractivity contribution is 5.80. The number of hydrogen-bond donors (Lipinski definition) is 2. The fourth-order valence-electron chi connectivity index (χ4n) is 4.88. The maximum absolute atomic E-state index is 6.49. The lowest BCUT2D eigenvalue weighted by Gasteiger charge is -2.40. The van der Waals surface area contributed by atoms with E-state index in [1.807, 2.05) is 7.05 Å². The van der Waals surface area contributed by atoms with Gasteiger partial charge in [-0.2, -0.15) is 0 Å². The minimum Gasteiger partial charge on any atom is -0.487 e. The van der Waals surface area contributed by atoms with Crippen LogP contribution in [0.3, 0.4) is 0 Å². The third-order valence-corrected chi connectivity index (χ3v) is 6.58. The topological polar surface area (TPSA) is 58.1 Å². The number of rotatable bonds is 8. The second-order valence-corrected chi connectivity index (χ2v) is 8.69. The van der Waals surface area contributed by atoms with Gasteiger partial charge in [0, 0.05) is 51.8 Å². The molecule has 0 radical (unpaired) electrons. The van der Waals surface area contributed by atoms with Crippen LogP contribution in [0.15, 0.2) is 29.3 Å². The van der Waals surface area contributed by atoms with Crippen molar-refractivity contribution in [1.82, 2.24) is 15.5 Å². The summed E-state index contributed by atoms with van der Waals surface area (Å²) in [5, 5.41) is 7.22. The molecule has 1 atom stereocenters.